The molecule has 2 heteroatoms. The number of esters is 1. The van der Waals surface area contributed by atoms with Crippen LogP contribution in [0.4, 0.5) is 0 Å². The minimum Gasteiger partial charge on any atom is -0.466 e. The molecule has 0 aromatic carbocycles. The third-order valence-corrected chi connectivity index (χ3v) is 4.21. The Labute approximate surface area is 133 Å². The van der Waals surface area contributed by atoms with Crippen LogP contribution in [0.3, 0.4) is 0 Å². The van der Waals surface area contributed by atoms with Crippen LogP contribution in [0.25, 0.3) is 0 Å². The first-order valence-electron chi connectivity index (χ1n) is 9.40. The van der Waals surface area contributed by atoms with Gasteiger partial charge in [-0.2, -0.15) is 0 Å². The Kier molecular flexibility index (Phi) is 15.5. The van der Waals surface area contributed by atoms with Gasteiger partial charge in [-0.25, -0.2) is 0 Å². The average molecular weight is 299 g/mol. The van der Waals surface area contributed by atoms with E-state index in [9.17, 15) is 4.79 Å². The summed E-state index contributed by atoms with van der Waals surface area (Å²) in [5, 5.41) is 0. The summed E-state index contributed by atoms with van der Waals surface area (Å²) in [5.74, 6) is 0.758. The first-order chi connectivity index (χ1) is 10.2. The van der Waals surface area contributed by atoms with Gasteiger partial charge in [-0.1, -0.05) is 85.0 Å². The van der Waals surface area contributed by atoms with Crippen molar-refractivity contribution in [3.8, 4) is 0 Å². The summed E-state index contributed by atoms with van der Waals surface area (Å²) >= 11 is 0. The van der Waals surface area contributed by atoms with Gasteiger partial charge in [0.1, 0.15) is 0 Å². The largest absolute Gasteiger partial charge is 0.466 e. The Morgan fingerprint density at radius 2 is 1.38 bits per heavy atom. The van der Waals surface area contributed by atoms with Crippen molar-refractivity contribution in [3.05, 3.63) is 0 Å². The zero-order chi connectivity index (χ0) is 15.8. The fourth-order valence-corrected chi connectivity index (χ4v) is 2.72. The maximum absolute atomic E-state index is 11.6. The minimum absolute atomic E-state index is 0.00340. The summed E-state index contributed by atoms with van der Waals surface area (Å²) in [6, 6.07) is 0. The lowest BCUT2D eigenvalue weighted by Crippen LogP contribution is -2.10. The minimum atomic E-state index is 0.00340. The molecule has 0 amide bonds. The van der Waals surface area contributed by atoms with Crippen molar-refractivity contribution < 1.29 is 9.53 Å². The predicted octanol–water partition coefficient (Wildman–Crippen LogP) is 6.28. The molecule has 126 valence electrons. The lowest BCUT2D eigenvalue weighted by molar-refractivity contribution is -0.144. The van der Waals surface area contributed by atoms with Gasteiger partial charge >= 0.3 is 5.97 Å². The molecule has 0 spiro atoms. The van der Waals surface area contributed by atoms with Gasteiger partial charge in [-0.05, 0) is 18.8 Å². The summed E-state index contributed by atoms with van der Waals surface area (Å²) in [5.41, 5.74) is 0. The summed E-state index contributed by atoms with van der Waals surface area (Å²) < 4.78 is 5.39. The van der Waals surface area contributed by atoms with Gasteiger partial charge in [0.05, 0.1) is 6.61 Å². The molecular formula is C19H38O2. The average Bonchev–Trinajstić information content (AvgIpc) is 2.48. The van der Waals surface area contributed by atoms with Gasteiger partial charge in [0.2, 0.25) is 0 Å². The molecule has 21 heavy (non-hydrogen) atoms. The monoisotopic (exact) mass is 298 g/mol. The fraction of sp³-hybridized carbons (Fsp3) is 0.947. The van der Waals surface area contributed by atoms with Crippen LogP contribution in [0.2, 0.25) is 0 Å². The maximum Gasteiger partial charge on any atom is 0.305 e. The molecular weight excluding hydrogens is 260 g/mol. The maximum atomic E-state index is 11.6. The highest BCUT2D eigenvalue weighted by Crippen LogP contribution is 2.20. The van der Waals surface area contributed by atoms with Crippen LogP contribution in [-0.4, -0.2) is 12.6 Å². The van der Waals surface area contributed by atoms with Crippen LogP contribution >= 0.6 is 0 Å². The zero-order valence-electron chi connectivity index (χ0n) is 14.8. The van der Waals surface area contributed by atoms with E-state index in [-0.39, 0.29) is 5.97 Å². The zero-order valence-corrected chi connectivity index (χ0v) is 14.8. The van der Waals surface area contributed by atoms with E-state index in [1.807, 2.05) is 0 Å². The van der Waals surface area contributed by atoms with E-state index in [1.54, 1.807) is 0 Å². The normalized spacial score (nSPS) is 12.3. The van der Waals surface area contributed by atoms with E-state index < -0.39 is 0 Å². The number of carbonyl (C=O) groups excluding carboxylic acids is 1. The van der Waals surface area contributed by atoms with E-state index in [2.05, 4.69) is 20.8 Å². The Hall–Kier alpha value is -0.530. The van der Waals surface area contributed by atoms with Crippen molar-refractivity contribution in [1.29, 1.82) is 0 Å². The molecule has 2 nitrogen and oxygen atoms in total. The first-order valence-corrected chi connectivity index (χ1v) is 9.40. The molecule has 0 aromatic heterocycles. The van der Waals surface area contributed by atoms with Crippen molar-refractivity contribution in [2.24, 2.45) is 5.92 Å². The number of ether oxygens (including phenoxy) is 1. The predicted molar refractivity (Wildman–Crippen MR) is 91.5 cm³/mol. The standard InChI is InChI=1S/C19H38O2/c1-4-7-10-12-14-18(13-9-6-3)16-17-21-19(20)15-11-8-5-2/h18H,4-17H2,1-3H3. The summed E-state index contributed by atoms with van der Waals surface area (Å²) in [7, 11) is 0. The quantitative estimate of drug-likeness (QED) is 0.263. The Morgan fingerprint density at radius 1 is 0.762 bits per heavy atom. The molecule has 0 heterocycles. The van der Waals surface area contributed by atoms with Gasteiger partial charge in [0.25, 0.3) is 0 Å². The van der Waals surface area contributed by atoms with Crippen LogP contribution in [0, 0.1) is 5.92 Å². The number of hydrogen-bond donors (Lipinski definition) is 0. The van der Waals surface area contributed by atoms with Crippen molar-refractivity contribution in [2.75, 3.05) is 6.61 Å². The Morgan fingerprint density at radius 3 is 2.05 bits per heavy atom. The van der Waals surface area contributed by atoms with Crippen LogP contribution in [-0.2, 0) is 9.53 Å². The van der Waals surface area contributed by atoms with Crippen LogP contribution in [0.1, 0.15) is 104 Å². The molecule has 1 unspecified atom stereocenters. The number of rotatable bonds is 15. The van der Waals surface area contributed by atoms with Gasteiger partial charge in [0, 0.05) is 6.42 Å². The Bertz CT molecular complexity index is 226. The molecule has 0 rings (SSSR count). The van der Waals surface area contributed by atoms with E-state index in [4.69, 9.17) is 4.74 Å². The highest BCUT2D eigenvalue weighted by atomic mass is 16.5. The lowest BCUT2D eigenvalue weighted by Gasteiger charge is -2.16. The molecule has 0 aliphatic carbocycles. The van der Waals surface area contributed by atoms with Gasteiger partial charge in [-0.15, -0.1) is 0 Å². The SMILES string of the molecule is CCCCCCC(CCCC)CCOC(=O)CCCCC. The third kappa shape index (κ3) is 14.2. The molecule has 0 aliphatic heterocycles. The van der Waals surface area contributed by atoms with Gasteiger partial charge in [-0.3, -0.25) is 4.79 Å². The van der Waals surface area contributed by atoms with E-state index >= 15 is 0 Å². The lowest BCUT2D eigenvalue weighted by atomic mass is 9.92. The third-order valence-electron chi connectivity index (χ3n) is 4.21. The van der Waals surface area contributed by atoms with Crippen molar-refractivity contribution >= 4 is 5.97 Å². The molecule has 0 saturated carbocycles. The first kappa shape index (κ1) is 20.5. The molecule has 0 fully saturated rings. The summed E-state index contributed by atoms with van der Waals surface area (Å²) in [6.45, 7) is 7.30. The number of hydrogen-bond acceptors (Lipinski definition) is 2. The van der Waals surface area contributed by atoms with E-state index in [1.165, 1.54) is 51.4 Å². The van der Waals surface area contributed by atoms with Crippen LogP contribution in [0.15, 0.2) is 0 Å². The van der Waals surface area contributed by atoms with Crippen LogP contribution in [0.5, 0.6) is 0 Å². The summed E-state index contributed by atoms with van der Waals surface area (Å²) in [6.07, 6.45) is 15.5. The van der Waals surface area contributed by atoms with E-state index in [0.717, 1.165) is 31.6 Å². The second-order valence-electron chi connectivity index (χ2n) is 6.32. The highest BCUT2D eigenvalue weighted by Gasteiger charge is 2.10. The van der Waals surface area contributed by atoms with E-state index in [0.29, 0.717) is 13.0 Å². The van der Waals surface area contributed by atoms with Crippen molar-refractivity contribution in [3.63, 3.8) is 0 Å². The summed E-state index contributed by atoms with van der Waals surface area (Å²) in [4.78, 5) is 11.6. The highest BCUT2D eigenvalue weighted by molar-refractivity contribution is 5.69. The molecule has 1 atom stereocenters. The molecule has 0 radical (unpaired) electrons. The fourth-order valence-electron chi connectivity index (χ4n) is 2.72. The molecule has 0 N–H and O–H groups in total. The topological polar surface area (TPSA) is 26.3 Å². The van der Waals surface area contributed by atoms with Crippen molar-refractivity contribution in [1.82, 2.24) is 0 Å². The Balaban J connectivity index is 3.75. The molecule has 0 bridgehead atoms. The molecule has 0 aromatic rings. The molecule has 0 saturated heterocycles. The van der Waals surface area contributed by atoms with Gasteiger partial charge in [0.15, 0.2) is 0 Å². The second-order valence-corrected chi connectivity index (χ2v) is 6.32. The van der Waals surface area contributed by atoms with Gasteiger partial charge < -0.3 is 4.74 Å². The molecule has 0 aliphatic rings. The van der Waals surface area contributed by atoms with Crippen LogP contribution < -0.4 is 0 Å². The second kappa shape index (κ2) is 15.9. The number of carbonyl (C=O) groups is 1. The smallest absolute Gasteiger partial charge is 0.305 e. The number of unbranched alkanes of at least 4 members (excludes halogenated alkanes) is 6. The van der Waals surface area contributed by atoms with Crippen molar-refractivity contribution in [2.45, 2.75) is 104 Å².